The van der Waals surface area contributed by atoms with Crippen LogP contribution in [0.2, 0.25) is 0 Å². The third-order valence-electron chi connectivity index (χ3n) is 6.65. The fraction of sp³-hybridized carbons (Fsp3) is 0.280. The van der Waals surface area contributed by atoms with E-state index < -0.39 is 16.8 Å². The molecule has 2 aromatic carbocycles. The Kier molecular flexibility index (Phi) is 5.64. The molecule has 10 heteroatoms. The molecule has 0 saturated carbocycles. The molecule has 3 atom stereocenters. The number of fused-ring (bicyclic) bond motifs is 1. The van der Waals surface area contributed by atoms with Crippen molar-refractivity contribution < 1.29 is 28.8 Å². The van der Waals surface area contributed by atoms with Crippen LogP contribution >= 0.6 is 0 Å². The van der Waals surface area contributed by atoms with E-state index in [9.17, 15) is 29.3 Å². The number of hydrogen-bond donors (Lipinski definition) is 0. The predicted molar refractivity (Wildman–Crippen MR) is 123 cm³/mol. The predicted octanol–water partition coefficient (Wildman–Crippen LogP) is 3.01. The van der Waals surface area contributed by atoms with Crippen molar-refractivity contribution in [2.45, 2.75) is 19.3 Å². The van der Waals surface area contributed by atoms with Crippen LogP contribution in [0.15, 0.2) is 60.7 Å². The molecule has 0 radical (unpaired) electrons. The molecule has 10 nitrogen and oxygen atoms in total. The van der Waals surface area contributed by atoms with Gasteiger partial charge < -0.3 is 9.64 Å². The van der Waals surface area contributed by atoms with Gasteiger partial charge in [-0.1, -0.05) is 12.2 Å². The first-order chi connectivity index (χ1) is 16.8. The summed E-state index contributed by atoms with van der Waals surface area (Å²) in [6.07, 6.45) is 4.92. The summed E-state index contributed by atoms with van der Waals surface area (Å²) in [6, 6.07) is 11.7. The van der Waals surface area contributed by atoms with Crippen molar-refractivity contribution in [1.82, 2.24) is 0 Å². The quantitative estimate of drug-likeness (QED) is 0.162. The molecule has 2 fully saturated rings. The minimum atomic E-state index is -0.699. The lowest BCUT2D eigenvalue weighted by atomic mass is 9.85. The number of rotatable bonds is 5. The summed E-state index contributed by atoms with van der Waals surface area (Å²) in [5.74, 6) is -2.42. The van der Waals surface area contributed by atoms with Crippen molar-refractivity contribution >= 4 is 40.8 Å². The van der Waals surface area contributed by atoms with Crippen LogP contribution in [-0.4, -0.2) is 35.2 Å². The third-order valence-corrected chi connectivity index (χ3v) is 6.65. The summed E-state index contributed by atoms with van der Waals surface area (Å²) in [4.78, 5) is 63.5. The van der Waals surface area contributed by atoms with Gasteiger partial charge >= 0.3 is 5.97 Å². The molecule has 35 heavy (non-hydrogen) atoms. The van der Waals surface area contributed by atoms with Crippen LogP contribution in [0.4, 0.5) is 17.1 Å². The Balaban J connectivity index is 1.23. The second-order valence-corrected chi connectivity index (χ2v) is 8.76. The summed E-state index contributed by atoms with van der Waals surface area (Å²) in [7, 11) is 0. The number of imide groups is 1. The number of anilines is 2. The smallest absolute Gasteiger partial charge is 0.316 e. The van der Waals surface area contributed by atoms with E-state index in [2.05, 4.69) is 0 Å². The normalized spacial score (nSPS) is 23.5. The fourth-order valence-electron chi connectivity index (χ4n) is 4.79. The molecule has 0 unspecified atom stereocenters. The zero-order chi connectivity index (χ0) is 24.7. The number of esters is 1. The van der Waals surface area contributed by atoms with Gasteiger partial charge in [-0.2, -0.15) is 0 Å². The van der Waals surface area contributed by atoms with Crippen molar-refractivity contribution in [3.63, 3.8) is 0 Å². The Morgan fingerprint density at radius 3 is 2.03 bits per heavy atom. The van der Waals surface area contributed by atoms with E-state index in [-0.39, 0.29) is 54.0 Å². The van der Waals surface area contributed by atoms with Crippen LogP contribution < -0.4 is 14.5 Å². The summed E-state index contributed by atoms with van der Waals surface area (Å²) >= 11 is 0. The molecule has 0 N–H and O–H groups in total. The van der Waals surface area contributed by atoms with Crippen LogP contribution in [0.3, 0.4) is 0 Å². The Labute approximate surface area is 199 Å². The van der Waals surface area contributed by atoms with Crippen molar-refractivity contribution in [1.29, 1.82) is 0 Å². The highest BCUT2D eigenvalue weighted by molar-refractivity contribution is 6.22. The average Bonchev–Trinajstić information content (AvgIpc) is 3.37. The highest BCUT2D eigenvalue weighted by Gasteiger charge is 2.47. The molecule has 5 rings (SSSR count). The first kappa shape index (κ1) is 22.5. The van der Waals surface area contributed by atoms with Gasteiger partial charge in [-0.25, -0.2) is 0 Å². The van der Waals surface area contributed by atoms with Crippen molar-refractivity contribution in [2.24, 2.45) is 17.8 Å². The molecule has 3 amide bonds. The zero-order valence-electron chi connectivity index (χ0n) is 18.5. The lowest BCUT2D eigenvalue weighted by molar-refractivity contribution is -0.384. The molecule has 0 spiro atoms. The number of hydrogen-bond acceptors (Lipinski definition) is 7. The van der Waals surface area contributed by atoms with Crippen LogP contribution in [0, 0.1) is 27.9 Å². The third kappa shape index (κ3) is 4.07. The van der Waals surface area contributed by atoms with E-state index in [0.29, 0.717) is 24.2 Å². The Morgan fingerprint density at radius 2 is 1.46 bits per heavy atom. The number of amides is 3. The molecule has 0 bridgehead atoms. The SMILES string of the molecule is O=C(Oc1ccc(N2C(=O)[C@@H]3CC=CC[C@H]3C2=O)cc1)[C@@H]1CC(=O)N(c2ccc([N+](=O)[O-])cc2)C1. The Bertz CT molecular complexity index is 1230. The maximum atomic E-state index is 12.7. The number of ether oxygens (including phenoxy) is 1. The van der Waals surface area contributed by atoms with Gasteiger partial charge in [0.25, 0.3) is 5.69 Å². The van der Waals surface area contributed by atoms with Crippen molar-refractivity contribution in [3.8, 4) is 5.75 Å². The molecule has 1 aliphatic carbocycles. The number of nitro benzene ring substituents is 1. The number of carbonyl (C=O) groups is 4. The standard InChI is InChI=1S/C25H21N3O7/c29-22-13-15(14-26(22)16-5-7-18(8-6-16)28(33)34)25(32)35-19-11-9-17(10-12-19)27-23(30)20-3-1-2-4-21(20)24(27)31/h1-2,5-12,15,20-21H,3-4,13-14H2/t15-,20-,21-/m1/s1. The van der Waals surface area contributed by atoms with Crippen molar-refractivity contribution in [3.05, 3.63) is 70.8 Å². The van der Waals surface area contributed by atoms with E-state index in [1.807, 2.05) is 12.2 Å². The van der Waals surface area contributed by atoms with Gasteiger partial charge in [-0.05, 0) is 49.2 Å². The summed E-state index contributed by atoms with van der Waals surface area (Å²) in [6.45, 7) is 0.0984. The number of nitrogens with zero attached hydrogens (tertiary/aromatic N) is 3. The summed E-state index contributed by atoms with van der Waals surface area (Å²) in [5.41, 5.74) is 0.804. The molecule has 178 valence electrons. The van der Waals surface area contributed by atoms with Gasteiger partial charge in [0, 0.05) is 30.8 Å². The summed E-state index contributed by atoms with van der Waals surface area (Å²) in [5, 5.41) is 10.8. The molecule has 2 aliphatic heterocycles. The molecular formula is C25H21N3O7. The maximum Gasteiger partial charge on any atom is 0.316 e. The van der Waals surface area contributed by atoms with E-state index >= 15 is 0 Å². The number of non-ortho nitro benzene ring substituents is 1. The zero-order valence-corrected chi connectivity index (χ0v) is 18.5. The van der Waals surface area contributed by atoms with Crippen LogP contribution in [-0.2, 0) is 19.2 Å². The van der Waals surface area contributed by atoms with Crippen LogP contribution in [0.5, 0.6) is 5.75 Å². The molecule has 2 saturated heterocycles. The monoisotopic (exact) mass is 475 g/mol. The van der Waals surface area contributed by atoms with Gasteiger partial charge in [0.05, 0.1) is 28.4 Å². The second kappa shape index (κ2) is 8.79. The van der Waals surface area contributed by atoms with Crippen LogP contribution in [0.25, 0.3) is 0 Å². The van der Waals surface area contributed by atoms with Gasteiger partial charge in [0.2, 0.25) is 17.7 Å². The van der Waals surface area contributed by atoms with Gasteiger partial charge in [0.1, 0.15) is 5.75 Å². The molecular weight excluding hydrogens is 454 g/mol. The number of carbonyl (C=O) groups excluding carboxylic acids is 4. The highest BCUT2D eigenvalue weighted by atomic mass is 16.6. The Hall–Kier alpha value is -4.34. The number of nitro groups is 1. The van der Waals surface area contributed by atoms with Crippen LogP contribution in [0.1, 0.15) is 19.3 Å². The van der Waals surface area contributed by atoms with E-state index in [0.717, 1.165) is 0 Å². The van der Waals surface area contributed by atoms with E-state index in [1.165, 1.54) is 46.2 Å². The molecule has 2 aromatic rings. The molecule has 2 heterocycles. The highest BCUT2D eigenvalue weighted by Crippen LogP contribution is 2.38. The number of allylic oxidation sites excluding steroid dienone is 2. The fourth-order valence-corrected chi connectivity index (χ4v) is 4.79. The van der Waals surface area contributed by atoms with Gasteiger partial charge in [-0.15, -0.1) is 0 Å². The first-order valence-corrected chi connectivity index (χ1v) is 11.2. The Morgan fingerprint density at radius 1 is 0.886 bits per heavy atom. The summed E-state index contributed by atoms with van der Waals surface area (Å²) < 4.78 is 5.44. The first-order valence-electron chi connectivity index (χ1n) is 11.2. The van der Waals surface area contributed by atoms with E-state index in [4.69, 9.17) is 4.74 Å². The van der Waals surface area contributed by atoms with E-state index in [1.54, 1.807) is 12.1 Å². The molecule has 3 aliphatic rings. The molecule has 0 aromatic heterocycles. The lowest BCUT2D eigenvalue weighted by Gasteiger charge is -2.17. The maximum absolute atomic E-state index is 12.7. The van der Waals surface area contributed by atoms with Crippen molar-refractivity contribution in [2.75, 3.05) is 16.3 Å². The number of benzene rings is 2. The largest absolute Gasteiger partial charge is 0.426 e. The minimum absolute atomic E-state index is 0.0402. The topological polar surface area (TPSA) is 127 Å². The minimum Gasteiger partial charge on any atom is -0.426 e. The lowest BCUT2D eigenvalue weighted by Crippen LogP contribution is -2.30. The van der Waals surface area contributed by atoms with Gasteiger partial charge in [-0.3, -0.25) is 34.2 Å². The van der Waals surface area contributed by atoms with Gasteiger partial charge in [0.15, 0.2) is 0 Å². The second-order valence-electron chi connectivity index (χ2n) is 8.76. The average molecular weight is 475 g/mol.